The first-order chi connectivity index (χ1) is 13.5. The summed E-state index contributed by atoms with van der Waals surface area (Å²) in [5.41, 5.74) is 0. The average molecular weight is 524 g/mol. The molecule has 2 aliphatic heterocycles. The third kappa shape index (κ3) is 8.96. The number of guanidine groups is 1. The minimum atomic E-state index is -0.0478. The Bertz CT molecular complexity index is 490. The van der Waals surface area contributed by atoms with Crippen LogP contribution >= 0.6 is 24.0 Å². The van der Waals surface area contributed by atoms with Crippen molar-refractivity contribution in [2.45, 2.75) is 53.0 Å². The van der Waals surface area contributed by atoms with Crippen LogP contribution in [0, 0.1) is 11.8 Å². The summed E-state index contributed by atoms with van der Waals surface area (Å²) < 4.78 is 10.7. The fourth-order valence-electron chi connectivity index (χ4n) is 4.03. The Hall–Kier alpha value is -0.610. The molecule has 0 radical (unpaired) electrons. The predicted molar refractivity (Wildman–Crippen MR) is 128 cm³/mol. The van der Waals surface area contributed by atoms with Gasteiger partial charge in [0.2, 0.25) is 0 Å². The number of esters is 1. The molecule has 2 aliphatic rings. The molecule has 7 nitrogen and oxygen atoms in total. The molecule has 1 N–H and O–H groups in total. The maximum atomic E-state index is 12.0. The zero-order valence-corrected chi connectivity index (χ0v) is 21.0. The number of rotatable bonds is 8. The molecule has 170 valence electrons. The molecule has 2 fully saturated rings. The Morgan fingerprint density at radius 2 is 1.83 bits per heavy atom. The monoisotopic (exact) mass is 524 g/mol. The highest BCUT2D eigenvalue weighted by atomic mass is 127. The lowest BCUT2D eigenvalue weighted by Gasteiger charge is -2.36. The van der Waals surface area contributed by atoms with Gasteiger partial charge in [0, 0.05) is 38.8 Å². The number of ether oxygens (including phenoxy) is 2. The first-order valence-corrected chi connectivity index (χ1v) is 11.1. The van der Waals surface area contributed by atoms with Gasteiger partial charge in [-0.3, -0.25) is 14.7 Å². The van der Waals surface area contributed by atoms with E-state index in [1.807, 2.05) is 6.92 Å². The molecule has 0 aromatic heterocycles. The van der Waals surface area contributed by atoms with Crippen molar-refractivity contribution < 1.29 is 14.3 Å². The van der Waals surface area contributed by atoms with Crippen LogP contribution < -0.4 is 5.32 Å². The molecule has 29 heavy (non-hydrogen) atoms. The van der Waals surface area contributed by atoms with Gasteiger partial charge in [-0.15, -0.1) is 24.0 Å². The summed E-state index contributed by atoms with van der Waals surface area (Å²) in [4.78, 5) is 21.8. The molecular weight excluding hydrogens is 483 g/mol. The van der Waals surface area contributed by atoms with E-state index in [9.17, 15) is 4.79 Å². The Labute approximate surface area is 194 Å². The summed E-state index contributed by atoms with van der Waals surface area (Å²) in [5, 5.41) is 3.45. The lowest BCUT2D eigenvalue weighted by atomic mass is 9.97. The van der Waals surface area contributed by atoms with E-state index in [1.54, 1.807) is 0 Å². The largest absolute Gasteiger partial charge is 0.466 e. The van der Waals surface area contributed by atoms with Crippen LogP contribution in [0.3, 0.4) is 0 Å². The fraction of sp³-hybridized carbons (Fsp3) is 0.905. The molecule has 0 aromatic carbocycles. The number of hydrogen-bond donors (Lipinski definition) is 1. The van der Waals surface area contributed by atoms with Gasteiger partial charge in [-0.2, -0.15) is 0 Å². The number of morpholine rings is 1. The molecule has 2 saturated heterocycles. The highest BCUT2D eigenvalue weighted by Gasteiger charge is 2.28. The number of carbonyl (C=O) groups is 1. The summed E-state index contributed by atoms with van der Waals surface area (Å²) in [6.45, 7) is 16.0. The Morgan fingerprint density at radius 3 is 2.38 bits per heavy atom. The quantitative estimate of drug-likeness (QED) is 0.228. The molecule has 0 saturated carbocycles. The Balaban J connectivity index is 0.00000420. The molecule has 2 rings (SSSR count). The topological polar surface area (TPSA) is 66.4 Å². The second-order valence-electron chi connectivity index (χ2n) is 8.14. The third-order valence-corrected chi connectivity index (χ3v) is 5.51. The SMILES string of the molecule is CCNC(=NCC(CC(C)C)N1CCOCC1)N1CCC(C(=O)OCC)CC1.I. The molecule has 0 aliphatic carbocycles. The van der Waals surface area contributed by atoms with Crippen molar-refractivity contribution in [3.63, 3.8) is 0 Å². The molecule has 2 heterocycles. The molecule has 1 atom stereocenters. The maximum absolute atomic E-state index is 12.0. The second kappa shape index (κ2) is 14.4. The summed E-state index contributed by atoms with van der Waals surface area (Å²) in [6.07, 6.45) is 2.82. The van der Waals surface area contributed by atoms with Crippen LogP contribution in [0.25, 0.3) is 0 Å². The summed E-state index contributed by atoms with van der Waals surface area (Å²) in [5.74, 6) is 1.60. The number of aliphatic imine (C=N–C) groups is 1. The van der Waals surface area contributed by atoms with E-state index in [2.05, 4.69) is 35.9 Å². The smallest absolute Gasteiger partial charge is 0.309 e. The van der Waals surface area contributed by atoms with Crippen molar-refractivity contribution in [2.24, 2.45) is 16.8 Å². The van der Waals surface area contributed by atoms with Crippen LogP contribution in [0.4, 0.5) is 0 Å². The van der Waals surface area contributed by atoms with Crippen LogP contribution in [0.15, 0.2) is 4.99 Å². The molecular formula is C21H41IN4O3. The van der Waals surface area contributed by atoms with E-state index in [0.29, 0.717) is 18.6 Å². The van der Waals surface area contributed by atoms with E-state index in [-0.39, 0.29) is 35.9 Å². The van der Waals surface area contributed by atoms with Gasteiger partial charge in [-0.25, -0.2) is 0 Å². The molecule has 0 aromatic rings. The highest BCUT2D eigenvalue weighted by molar-refractivity contribution is 14.0. The minimum absolute atomic E-state index is 0. The van der Waals surface area contributed by atoms with Gasteiger partial charge in [0.15, 0.2) is 5.96 Å². The minimum Gasteiger partial charge on any atom is -0.466 e. The predicted octanol–water partition coefficient (Wildman–Crippen LogP) is 2.59. The number of carbonyl (C=O) groups excluding carboxylic acids is 1. The normalized spacial score (nSPS) is 20.3. The summed E-state index contributed by atoms with van der Waals surface area (Å²) in [7, 11) is 0. The van der Waals surface area contributed by atoms with E-state index >= 15 is 0 Å². The van der Waals surface area contributed by atoms with Crippen molar-refractivity contribution in [1.82, 2.24) is 15.1 Å². The van der Waals surface area contributed by atoms with Gasteiger partial charge < -0.3 is 19.7 Å². The lowest BCUT2D eigenvalue weighted by molar-refractivity contribution is -0.149. The molecule has 0 spiro atoms. The number of hydrogen-bond acceptors (Lipinski definition) is 5. The number of nitrogens with one attached hydrogen (secondary N) is 1. The Morgan fingerprint density at radius 1 is 1.17 bits per heavy atom. The van der Waals surface area contributed by atoms with Gasteiger partial charge >= 0.3 is 5.97 Å². The van der Waals surface area contributed by atoms with Crippen molar-refractivity contribution in [2.75, 3.05) is 59.1 Å². The maximum Gasteiger partial charge on any atom is 0.309 e. The van der Waals surface area contributed by atoms with Crippen LogP contribution in [-0.4, -0.2) is 86.9 Å². The van der Waals surface area contributed by atoms with Crippen molar-refractivity contribution in [3.8, 4) is 0 Å². The first-order valence-electron chi connectivity index (χ1n) is 11.1. The van der Waals surface area contributed by atoms with Gasteiger partial charge in [0.1, 0.15) is 0 Å². The van der Waals surface area contributed by atoms with Crippen molar-refractivity contribution in [3.05, 3.63) is 0 Å². The fourth-order valence-corrected chi connectivity index (χ4v) is 4.03. The summed E-state index contributed by atoms with van der Waals surface area (Å²) >= 11 is 0. The zero-order valence-electron chi connectivity index (χ0n) is 18.7. The molecule has 8 heteroatoms. The number of halogens is 1. The molecule has 0 bridgehead atoms. The van der Waals surface area contributed by atoms with Crippen LogP contribution in [0.2, 0.25) is 0 Å². The second-order valence-corrected chi connectivity index (χ2v) is 8.14. The molecule has 0 amide bonds. The lowest BCUT2D eigenvalue weighted by Crippen LogP contribution is -2.48. The summed E-state index contributed by atoms with van der Waals surface area (Å²) in [6, 6.07) is 0.453. The van der Waals surface area contributed by atoms with E-state index in [0.717, 1.165) is 77.7 Å². The first kappa shape index (κ1) is 26.4. The Kier molecular flexibility index (Phi) is 13.1. The van der Waals surface area contributed by atoms with Gasteiger partial charge in [0.25, 0.3) is 0 Å². The van der Waals surface area contributed by atoms with E-state index in [1.165, 1.54) is 0 Å². The highest BCUT2D eigenvalue weighted by Crippen LogP contribution is 2.19. The van der Waals surface area contributed by atoms with Crippen molar-refractivity contribution in [1.29, 1.82) is 0 Å². The van der Waals surface area contributed by atoms with E-state index in [4.69, 9.17) is 14.5 Å². The van der Waals surface area contributed by atoms with Crippen molar-refractivity contribution >= 4 is 35.9 Å². The third-order valence-electron chi connectivity index (χ3n) is 5.51. The van der Waals surface area contributed by atoms with Crippen LogP contribution in [0.5, 0.6) is 0 Å². The van der Waals surface area contributed by atoms with Gasteiger partial charge in [-0.1, -0.05) is 13.8 Å². The zero-order chi connectivity index (χ0) is 20.4. The van der Waals surface area contributed by atoms with Crippen LogP contribution in [0.1, 0.15) is 47.0 Å². The molecule has 1 unspecified atom stereocenters. The van der Waals surface area contributed by atoms with E-state index < -0.39 is 0 Å². The van der Waals surface area contributed by atoms with Crippen LogP contribution in [-0.2, 0) is 14.3 Å². The number of likely N-dealkylation sites (tertiary alicyclic amines) is 1. The number of nitrogens with zero attached hydrogens (tertiary/aromatic N) is 3. The number of piperidine rings is 1. The van der Waals surface area contributed by atoms with Gasteiger partial charge in [-0.05, 0) is 39.0 Å². The standard InChI is InChI=1S/C21H40N4O3.HI/c1-5-22-21(25-9-7-18(8-10-25)20(26)28-6-2)23-16-19(15-17(3)4)24-11-13-27-14-12-24;/h17-19H,5-16H2,1-4H3,(H,22,23);1H. The van der Waals surface area contributed by atoms with Gasteiger partial charge in [0.05, 0.1) is 32.3 Å². The average Bonchev–Trinajstić information content (AvgIpc) is 2.71.